The number of thiophene rings is 1. The van der Waals surface area contributed by atoms with Crippen LogP contribution in [0.15, 0.2) is 36.4 Å². The Kier molecular flexibility index (Phi) is 4.35. The van der Waals surface area contributed by atoms with Gasteiger partial charge in [-0.15, -0.1) is 11.3 Å². The Morgan fingerprint density at radius 3 is 2.68 bits per heavy atom. The molecule has 0 saturated carbocycles. The lowest BCUT2D eigenvalue weighted by molar-refractivity contribution is 0.103. The summed E-state index contributed by atoms with van der Waals surface area (Å²) in [5.41, 5.74) is 7.26. The summed E-state index contributed by atoms with van der Waals surface area (Å²) in [6, 6.07) is 11.3. The molecule has 0 radical (unpaired) electrons. The second-order valence-corrected chi connectivity index (χ2v) is 5.07. The van der Waals surface area contributed by atoms with Crippen LogP contribution in [0.25, 0.3) is 0 Å². The molecule has 0 aliphatic carbocycles. The highest BCUT2D eigenvalue weighted by Crippen LogP contribution is 2.17. The van der Waals surface area contributed by atoms with Crippen molar-refractivity contribution in [2.45, 2.75) is 6.92 Å². The number of nitrogens with two attached hydrogens (primary N) is 1. The predicted molar refractivity (Wildman–Crippen MR) is 79.4 cm³/mol. The smallest absolute Gasteiger partial charge is 0.265 e. The van der Waals surface area contributed by atoms with E-state index in [1.54, 1.807) is 6.07 Å². The molecule has 3 N–H and O–H groups in total. The molecule has 0 saturated heterocycles. The van der Waals surface area contributed by atoms with Gasteiger partial charge in [-0.2, -0.15) is 0 Å². The van der Waals surface area contributed by atoms with Crippen LogP contribution in [-0.4, -0.2) is 12.5 Å². The highest BCUT2D eigenvalue weighted by Gasteiger charge is 2.08. The standard InChI is InChI=1S/C15H14N2OS/c1-11-4-6-12(7-5-11)17-15(18)14-9-8-13(19-14)3-2-10-16/h4-9H,10,16H2,1H3,(H,17,18). The molecule has 1 amide bonds. The third-order valence-corrected chi connectivity index (χ3v) is 3.45. The van der Waals surface area contributed by atoms with Crippen molar-refractivity contribution in [1.29, 1.82) is 0 Å². The first kappa shape index (κ1) is 13.3. The lowest BCUT2D eigenvalue weighted by Gasteiger charge is -2.03. The summed E-state index contributed by atoms with van der Waals surface area (Å²) >= 11 is 1.36. The number of amides is 1. The third-order valence-electron chi connectivity index (χ3n) is 2.45. The summed E-state index contributed by atoms with van der Waals surface area (Å²) in [5.74, 6) is 5.57. The minimum atomic E-state index is -0.116. The highest BCUT2D eigenvalue weighted by molar-refractivity contribution is 7.14. The van der Waals surface area contributed by atoms with Gasteiger partial charge in [0.25, 0.3) is 5.91 Å². The summed E-state index contributed by atoms with van der Waals surface area (Å²) in [4.78, 5) is 13.5. The van der Waals surface area contributed by atoms with E-state index < -0.39 is 0 Å². The van der Waals surface area contributed by atoms with Gasteiger partial charge in [0.1, 0.15) is 0 Å². The Morgan fingerprint density at radius 1 is 1.26 bits per heavy atom. The number of benzene rings is 1. The van der Waals surface area contributed by atoms with Crippen LogP contribution in [0.3, 0.4) is 0 Å². The number of nitrogens with one attached hydrogen (secondary N) is 1. The fourth-order valence-electron chi connectivity index (χ4n) is 1.49. The quantitative estimate of drug-likeness (QED) is 0.824. The van der Waals surface area contributed by atoms with Gasteiger partial charge < -0.3 is 11.1 Å². The fourth-order valence-corrected chi connectivity index (χ4v) is 2.27. The van der Waals surface area contributed by atoms with Crippen LogP contribution in [0.2, 0.25) is 0 Å². The van der Waals surface area contributed by atoms with E-state index in [0.717, 1.165) is 16.1 Å². The van der Waals surface area contributed by atoms with Gasteiger partial charge in [-0.3, -0.25) is 4.79 Å². The monoisotopic (exact) mass is 270 g/mol. The predicted octanol–water partition coefficient (Wildman–Crippen LogP) is 2.62. The molecule has 2 aromatic rings. The van der Waals surface area contributed by atoms with Crippen LogP contribution in [0.5, 0.6) is 0 Å². The molecule has 0 aliphatic rings. The Hall–Kier alpha value is -2.09. The zero-order chi connectivity index (χ0) is 13.7. The van der Waals surface area contributed by atoms with Crippen molar-refractivity contribution in [2.24, 2.45) is 5.73 Å². The topological polar surface area (TPSA) is 55.1 Å². The normalized spacial score (nSPS) is 9.58. The first-order chi connectivity index (χ1) is 9.19. The number of anilines is 1. The number of rotatable bonds is 2. The van der Waals surface area contributed by atoms with E-state index in [1.807, 2.05) is 37.3 Å². The Morgan fingerprint density at radius 2 is 2.00 bits per heavy atom. The van der Waals surface area contributed by atoms with Crippen LogP contribution < -0.4 is 11.1 Å². The maximum atomic E-state index is 12.0. The minimum Gasteiger partial charge on any atom is -0.321 e. The van der Waals surface area contributed by atoms with Gasteiger partial charge in [0.2, 0.25) is 0 Å². The molecule has 4 heteroatoms. The van der Waals surface area contributed by atoms with Gasteiger partial charge in [0, 0.05) is 5.69 Å². The highest BCUT2D eigenvalue weighted by atomic mass is 32.1. The molecular formula is C15H14N2OS. The molecule has 3 nitrogen and oxygen atoms in total. The molecule has 1 aromatic carbocycles. The zero-order valence-corrected chi connectivity index (χ0v) is 11.4. The van der Waals surface area contributed by atoms with Crippen molar-refractivity contribution in [3.63, 3.8) is 0 Å². The van der Waals surface area contributed by atoms with Crippen LogP contribution in [0.1, 0.15) is 20.1 Å². The van der Waals surface area contributed by atoms with Crippen molar-refractivity contribution in [3.8, 4) is 11.8 Å². The Bertz CT molecular complexity index is 632. The summed E-state index contributed by atoms with van der Waals surface area (Å²) in [6.07, 6.45) is 0. The molecule has 0 unspecified atom stereocenters. The zero-order valence-electron chi connectivity index (χ0n) is 10.6. The van der Waals surface area contributed by atoms with Gasteiger partial charge in [-0.05, 0) is 31.2 Å². The number of hydrogen-bond acceptors (Lipinski definition) is 3. The summed E-state index contributed by atoms with van der Waals surface area (Å²) in [7, 11) is 0. The van der Waals surface area contributed by atoms with Crippen molar-refractivity contribution in [1.82, 2.24) is 0 Å². The molecule has 1 heterocycles. The van der Waals surface area contributed by atoms with E-state index in [-0.39, 0.29) is 5.91 Å². The number of hydrogen-bond donors (Lipinski definition) is 2. The average molecular weight is 270 g/mol. The second-order valence-electron chi connectivity index (χ2n) is 3.99. The van der Waals surface area contributed by atoms with Crippen molar-refractivity contribution in [2.75, 3.05) is 11.9 Å². The van der Waals surface area contributed by atoms with Gasteiger partial charge in [-0.1, -0.05) is 29.5 Å². The van der Waals surface area contributed by atoms with Gasteiger partial charge in [-0.25, -0.2) is 0 Å². The van der Waals surface area contributed by atoms with E-state index in [4.69, 9.17) is 5.73 Å². The van der Waals surface area contributed by atoms with Crippen molar-refractivity contribution >= 4 is 22.9 Å². The molecule has 0 atom stereocenters. The van der Waals surface area contributed by atoms with E-state index in [2.05, 4.69) is 17.2 Å². The van der Waals surface area contributed by atoms with Crippen LogP contribution in [0.4, 0.5) is 5.69 Å². The van der Waals surface area contributed by atoms with Crippen LogP contribution in [0, 0.1) is 18.8 Å². The molecule has 2 rings (SSSR count). The van der Waals surface area contributed by atoms with Crippen molar-refractivity contribution < 1.29 is 4.79 Å². The molecule has 0 spiro atoms. The third kappa shape index (κ3) is 3.68. The van der Waals surface area contributed by atoms with E-state index >= 15 is 0 Å². The average Bonchev–Trinajstić information content (AvgIpc) is 2.88. The molecular weight excluding hydrogens is 256 g/mol. The maximum absolute atomic E-state index is 12.0. The minimum absolute atomic E-state index is 0.116. The van der Waals surface area contributed by atoms with Gasteiger partial charge >= 0.3 is 0 Å². The lowest BCUT2D eigenvalue weighted by Crippen LogP contribution is -2.09. The van der Waals surface area contributed by atoms with Crippen LogP contribution >= 0.6 is 11.3 Å². The Balaban J connectivity index is 2.07. The molecule has 0 fully saturated rings. The first-order valence-corrected chi connectivity index (χ1v) is 6.67. The molecule has 19 heavy (non-hydrogen) atoms. The van der Waals surface area contributed by atoms with E-state index in [9.17, 15) is 4.79 Å². The SMILES string of the molecule is Cc1ccc(NC(=O)c2ccc(C#CCN)s2)cc1. The summed E-state index contributed by atoms with van der Waals surface area (Å²) in [6.45, 7) is 2.33. The summed E-state index contributed by atoms with van der Waals surface area (Å²) in [5, 5.41) is 2.85. The van der Waals surface area contributed by atoms with E-state index in [1.165, 1.54) is 11.3 Å². The molecule has 0 aliphatic heterocycles. The van der Waals surface area contributed by atoms with Crippen LogP contribution in [-0.2, 0) is 0 Å². The molecule has 0 bridgehead atoms. The molecule has 1 aromatic heterocycles. The van der Waals surface area contributed by atoms with Crippen molar-refractivity contribution in [3.05, 3.63) is 51.7 Å². The lowest BCUT2D eigenvalue weighted by atomic mass is 10.2. The van der Waals surface area contributed by atoms with E-state index in [0.29, 0.717) is 11.4 Å². The Labute approximate surface area is 116 Å². The molecule has 96 valence electrons. The number of aryl methyl sites for hydroxylation is 1. The largest absolute Gasteiger partial charge is 0.321 e. The van der Waals surface area contributed by atoms with Gasteiger partial charge in [0.15, 0.2) is 0 Å². The number of carbonyl (C=O) groups is 1. The maximum Gasteiger partial charge on any atom is 0.265 e. The second kappa shape index (κ2) is 6.19. The van der Waals surface area contributed by atoms with Gasteiger partial charge in [0.05, 0.1) is 16.3 Å². The fraction of sp³-hybridized carbons (Fsp3) is 0.133. The number of carbonyl (C=O) groups excluding carboxylic acids is 1. The first-order valence-electron chi connectivity index (χ1n) is 5.86. The summed E-state index contributed by atoms with van der Waals surface area (Å²) < 4.78 is 0.